The average Bonchev–Trinajstić information content (AvgIpc) is 2.74. The first-order valence-electron chi connectivity index (χ1n) is 11.6. The lowest BCUT2D eigenvalue weighted by Gasteiger charge is -2.25. The number of hydrogen-bond acceptors (Lipinski definition) is 3. The van der Waals surface area contributed by atoms with E-state index in [4.69, 9.17) is 4.74 Å². The molecule has 0 saturated carbocycles. The number of aliphatic hydroxyl groups is 1. The molecule has 1 aromatic rings. The van der Waals surface area contributed by atoms with Gasteiger partial charge < -0.3 is 14.9 Å². The van der Waals surface area contributed by atoms with E-state index in [0.717, 1.165) is 24.0 Å². The van der Waals surface area contributed by atoms with Gasteiger partial charge in [-0.25, -0.2) is 4.58 Å². The van der Waals surface area contributed by atoms with Crippen LogP contribution in [-0.2, 0) is 11.2 Å². The molecule has 0 bridgehead atoms. The Morgan fingerprint density at radius 1 is 1.26 bits per heavy atom. The summed E-state index contributed by atoms with van der Waals surface area (Å²) < 4.78 is 7.83. The number of aliphatic hydroxyl groups excluding tert-OH is 1. The predicted octanol–water partition coefficient (Wildman–Crippen LogP) is 5.31. The number of phenols is 1. The number of fused-ring (bicyclic) bond motifs is 1. The summed E-state index contributed by atoms with van der Waals surface area (Å²) in [5.41, 5.74) is 4.01. The molecule has 0 radical (unpaired) electrons. The summed E-state index contributed by atoms with van der Waals surface area (Å²) in [7, 11) is 2.17. The van der Waals surface area contributed by atoms with Crippen molar-refractivity contribution in [1.82, 2.24) is 0 Å². The van der Waals surface area contributed by atoms with Crippen molar-refractivity contribution in [2.24, 2.45) is 11.8 Å². The zero-order valence-corrected chi connectivity index (χ0v) is 19.3. The number of rotatable bonds is 6. The Morgan fingerprint density at radius 2 is 2.03 bits per heavy atom. The lowest BCUT2D eigenvalue weighted by molar-refractivity contribution is -0.547. The highest BCUT2D eigenvalue weighted by Crippen LogP contribution is 2.34. The quantitative estimate of drug-likeness (QED) is 0.369. The van der Waals surface area contributed by atoms with Crippen molar-refractivity contribution in [2.75, 3.05) is 13.7 Å². The summed E-state index contributed by atoms with van der Waals surface area (Å²) in [6.07, 6.45) is 14.4. The average molecular weight is 425 g/mol. The van der Waals surface area contributed by atoms with E-state index in [-0.39, 0.29) is 6.04 Å². The van der Waals surface area contributed by atoms with Gasteiger partial charge in [-0.3, -0.25) is 0 Å². The highest BCUT2D eigenvalue weighted by Gasteiger charge is 2.31. The Morgan fingerprint density at radius 3 is 2.81 bits per heavy atom. The zero-order valence-electron chi connectivity index (χ0n) is 19.3. The molecule has 0 amide bonds. The molecule has 1 heterocycles. The fourth-order valence-corrected chi connectivity index (χ4v) is 4.73. The fraction of sp³-hybridized carbons (Fsp3) is 0.519. The molecule has 0 spiro atoms. The van der Waals surface area contributed by atoms with Crippen LogP contribution in [0.5, 0.6) is 5.75 Å². The van der Waals surface area contributed by atoms with Crippen LogP contribution in [0.4, 0.5) is 0 Å². The van der Waals surface area contributed by atoms with Crippen LogP contribution in [0.2, 0.25) is 0 Å². The first kappa shape index (κ1) is 23.5. The summed E-state index contributed by atoms with van der Waals surface area (Å²) in [5.74, 6) is 1.49. The molecular formula is C27H38NO3+. The van der Waals surface area contributed by atoms with Crippen molar-refractivity contribution in [3.63, 3.8) is 0 Å². The van der Waals surface area contributed by atoms with Crippen LogP contribution < -0.4 is 0 Å². The van der Waals surface area contributed by atoms with Gasteiger partial charge in [-0.05, 0) is 55.4 Å². The monoisotopic (exact) mass is 424 g/mol. The molecule has 4 heteroatoms. The largest absolute Gasteiger partial charge is 0.507 e. The Hall–Kier alpha value is -2.17. The van der Waals surface area contributed by atoms with Crippen LogP contribution in [0.25, 0.3) is 0 Å². The van der Waals surface area contributed by atoms with E-state index in [1.54, 1.807) is 13.0 Å². The lowest BCUT2D eigenvalue weighted by atomic mass is 9.84. The lowest BCUT2D eigenvalue weighted by Crippen LogP contribution is -2.29. The molecule has 1 aliphatic heterocycles. The van der Waals surface area contributed by atoms with Gasteiger partial charge in [0.1, 0.15) is 12.8 Å². The van der Waals surface area contributed by atoms with Crippen molar-refractivity contribution in [3.05, 3.63) is 65.8 Å². The molecule has 0 saturated heterocycles. The number of allylic oxidation sites excluding steroid dienone is 4. The molecule has 1 aromatic carbocycles. The summed E-state index contributed by atoms with van der Waals surface area (Å²) in [5, 5.41) is 20.6. The Labute approximate surface area is 187 Å². The molecular weight excluding hydrogens is 386 g/mol. The molecule has 3 rings (SSSR count). The number of nitrogens with zero attached hydrogens (tertiary/aromatic N) is 1. The van der Waals surface area contributed by atoms with E-state index in [1.165, 1.54) is 25.0 Å². The van der Waals surface area contributed by atoms with Gasteiger partial charge in [0.2, 0.25) is 0 Å². The van der Waals surface area contributed by atoms with Gasteiger partial charge in [0.25, 0.3) is 0 Å². The molecule has 31 heavy (non-hydrogen) atoms. The topological polar surface area (TPSA) is 52.7 Å². The maximum Gasteiger partial charge on any atom is 0.183 e. The van der Waals surface area contributed by atoms with E-state index in [1.807, 2.05) is 6.07 Å². The molecule has 4 nitrogen and oxygen atoms in total. The third-order valence-electron chi connectivity index (χ3n) is 6.60. The highest BCUT2D eigenvalue weighted by atomic mass is 16.6. The van der Waals surface area contributed by atoms with E-state index in [9.17, 15) is 10.2 Å². The van der Waals surface area contributed by atoms with Gasteiger partial charge in [0.15, 0.2) is 18.0 Å². The Balaban J connectivity index is 1.87. The van der Waals surface area contributed by atoms with E-state index in [0.29, 0.717) is 36.2 Å². The summed E-state index contributed by atoms with van der Waals surface area (Å²) in [6, 6.07) is 5.98. The molecule has 2 aliphatic rings. The van der Waals surface area contributed by atoms with E-state index in [2.05, 4.69) is 55.5 Å². The van der Waals surface area contributed by atoms with Gasteiger partial charge in [0.05, 0.1) is 18.1 Å². The molecule has 4 atom stereocenters. The van der Waals surface area contributed by atoms with Crippen molar-refractivity contribution < 1.29 is 19.5 Å². The van der Waals surface area contributed by atoms with Crippen LogP contribution in [0.1, 0.15) is 63.1 Å². The van der Waals surface area contributed by atoms with Gasteiger partial charge in [0, 0.05) is 12.5 Å². The second-order valence-electron chi connectivity index (χ2n) is 9.24. The molecule has 4 unspecified atom stereocenters. The molecule has 0 aromatic heterocycles. The summed E-state index contributed by atoms with van der Waals surface area (Å²) in [4.78, 5) is 0. The number of benzene rings is 1. The number of ether oxygens (including phenoxy) is 1. The first-order chi connectivity index (χ1) is 14.9. The predicted molar refractivity (Wildman–Crippen MR) is 127 cm³/mol. The van der Waals surface area contributed by atoms with Crippen LogP contribution in [-0.4, -0.2) is 40.4 Å². The first-order valence-corrected chi connectivity index (χ1v) is 11.6. The minimum Gasteiger partial charge on any atom is -0.507 e. The zero-order chi connectivity index (χ0) is 22.4. The third kappa shape index (κ3) is 6.18. The SMILES string of the molecule is C=C(C)C(O)OCCc1ccc(O)c(C2CCCCC(C)CC3C=CC=CC3=[N+]2C)c1. The summed E-state index contributed by atoms with van der Waals surface area (Å²) in [6.45, 7) is 8.24. The molecule has 1 aliphatic carbocycles. The van der Waals surface area contributed by atoms with E-state index >= 15 is 0 Å². The van der Waals surface area contributed by atoms with Gasteiger partial charge in [-0.15, -0.1) is 0 Å². The minimum absolute atomic E-state index is 0.129. The standard InChI is InChI=1S/C27H37NO3/c1-19(2)27(30)31-16-15-21-13-14-26(29)23(18-21)25-12-7-5-9-20(3)17-22-10-6-8-11-24(22)28(25)4/h6,8,10-11,13-14,18,20,22,25,27,30H,1,5,7,9,12,15-17H2,2-4H3/p+1. The number of phenolic OH excluding ortho intramolecular Hbond substituents is 1. The molecule has 0 fully saturated rings. The second-order valence-corrected chi connectivity index (χ2v) is 9.24. The van der Waals surface area contributed by atoms with Crippen molar-refractivity contribution >= 4 is 5.71 Å². The van der Waals surface area contributed by atoms with Crippen LogP contribution >= 0.6 is 0 Å². The molecule has 168 valence electrons. The van der Waals surface area contributed by atoms with Crippen molar-refractivity contribution in [3.8, 4) is 5.75 Å². The number of hydrogen-bond donors (Lipinski definition) is 2. The minimum atomic E-state index is -0.928. The smallest absolute Gasteiger partial charge is 0.183 e. The van der Waals surface area contributed by atoms with Crippen LogP contribution in [0.3, 0.4) is 0 Å². The Kier molecular flexibility index (Phi) is 8.28. The Bertz CT molecular complexity index is 867. The van der Waals surface area contributed by atoms with Crippen LogP contribution in [0, 0.1) is 11.8 Å². The maximum atomic E-state index is 10.8. The van der Waals surface area contributed by atoms with Crippen molar-refractivity contribution in [2.45, 2.75) is 64.7 Å². The van der Waals surface area contributed by atoms with Gasteiger partial charge in [-0.1, -0.05) is 50.6 Å². The van der Waals surface area contributed by atoms with Crippen molar-refractivity contribution in [1.29, 1.82) is 0 Å². The third-order valence-corrected chi connectivity index (χ3v) is 6.60. The van der Waals surface area contributed by atoms with Gasteiger partial charge >= 0.3 is 0 Å². The summed E-state index contributed by atoms with van der Waals surface area (Å²) >= 11 is 0. The second kappa shape index (κ2) is 10.9. The number of aromatic hydroxyl groups is 1. The maximum absolute atomic E-state index is 10.8. The van der Waals surface area contributed by atoms with Gasteiger partial charge in [-0.2, -0.15) is 0 Å². The van der Waals surface area contributed by atoms with E-state index < -0.39 is 6.29 Å². The highest BCUT2D eigenvalue weighted by molar-refractivity contribution is 5.95. The normalized spacial score (nSPS) is 25.2. The fourth-order valence-electron chi connectivity index (χ4n) is 4.73. The van der Waals surface area contributed by atoms with Crippen LogP contribution in [0.15, 0.2) is 54.7 Å². The molecule has 2 N–H and O–H groups in total.